The van der Waals surface area contributed by atoms with Crippen LogP contribution < -0.4 is 0 Å². The van der Waals surface area contributed by atoms with Crippen molar-refractivity contribution in [3.05, 3.63) is 0 Å². The standard InChI is InChI=1S/2Al.2AsH3.3O.2P/h;;2*1H3;;;;;/q2*+3;;;3*-2;;. The molecule has 0 fully saturated rings. The fourth-order valence-corrected chi connectivity index (χ4v) is 0. The Labute approximate surface area is 106 Å². The summed E-state index contributed by atoms with van der Waals surface area (Å²) in [5.74, 6) is 0. The maximum Gasteiger partial charge on any atom is 0 e. The van der Waals surface area contributed by atoms with E-state index in [0.717, 1.165) is 0 Å². The zero-order chi connectivity index (χ0) is 0. The molecule has 50 valence electrons. The summed E-state index contributed by atoms with van der Waals surface area (Å²) in [5, 5.41) is 0. The first-order valence-electron chi connectivity index (χ1n) is 0. The number of hydrogen-bond donors (Lipinski definition) is 0. The van der Waals surface area contributed by atoms with Crippen molar-refractivity contribution in [2.45, 2.75) is 0 Å². The first kappa shape index (κ1) is 167. The minimum absolute atomic E-state index is 0. The van der Waals surface area contributed by atoms with E-state index in [-0.39, 0.29) is 107 Å². The van der Waals surface area contributed by atoms with Crippen LogP contribution in [0, 0.1) is 0 Å². The van der Waals surface area contributed by atoms with Crippen LogP contribution in [0.25, 0.3) is 0 Å². The largest absolute Gasteiger partial charge is 2.00 e. The first-order valence-corrected chi connectivity index (χ1v) is 0. The van der Waals surface area contributed by atoms with Gasteiger partial charge in [-0.1, -0.05) is 0 Å². The van der Waals surface area contributed by atoms with Crippen LogP contribution in [0.4, 0.5) is 0 Å². The molecule has 3 nitrogen and oxygen atoms in total. The maximum absolute atomic E-state index is 0. The Morgan fingerprint density at radius 2 is 0.444 bits per heavy atom. The molecule has 2 unspecified atom stereocenters. The molecule has 0 saturated heterocycles. The molecule has 0 aromatic rings. The van der Waals surface area contributed by atoms with Crippen molar-refractivity contribution in [1.82, 2.24) is 0 Å². The fraction of sp³-hybridized carbons (Fsp3) is 0. The molecule has 2 atom stereocenters. The molecular weight excluding hydrogens is 314 g/mol. The van der Waals surface area contributed by atoms with Gasteiger partial charge in [0.05, 0.1) is 0 Å². The second-order valence-electron chi connectivity index (χ2n) is 0. The fourth-order valence-electron chi connectivity index (χ4n) is 0. The van der Waals surface area contributed by atoms with Crippen LogP contribution in [0.5, 0.6) is 0 Å². The van der Waals surface area contributed by atoms with Gasteiger partial charge < -0.3 is 16.4 Å². The van der Waals surface area contributed by atoms with Crippen molar-refractivity contribution in [3.63, 3.8) is 0 Å². The van der Waals surface area contributed by atoms with E-state index < -0.39 is 0 Å². The minimum atomic E-state index is 0. The van der Waals surface area contributed by atoms with Gasteiger partial charge >= 0.3 is 70.6 Å². The predicted molar refractivity (Wildman–Crippen MR) is 47.3 cm³/mol. The van der Waals surface area contributed by atoms with Gasteiger partial charge in [-0.3, -0.25) is 0 Å². The first-order chi connectivity index (χ1) is 0. The Kier molecular flexibility index (Phi) is 2330. The third kappa shape index (κ3) is 102. The molecule has 0 aromatic heterocycles. The minimum Gasteiger partial charge on any atom is -2.00 e. The summed E-state index contributed by atoms with van der Waals surface area (Å²) in [4.78, 5) is 0. The van der Waals surface area contributed by atoms with Crippen LogP contribution in [-0.2, 0) is 16.4 Å². The maximum atomic E-state index is 0. The van der Waals surface area contributed by atoms with Gasteiger partial charge in [0.1, 0.15) is 0 Å². The van der Waals surface area contributed by atoms with Gasteiger partial charge in [0.2, 0.25) is 0 Å². The van der Waals surface area contributed by atoms with Gasteiger partial charge in [-0.15, -0.1) is 0 Å². The topological polar surface area (TPSA) is 85.5 Å². The average molecular weight is 320 g/mol. The third-order valence-corrected chi connectivity index (χ3v) is 0. The van der Waals surface area contributed by atoms with E-state index in [1.54, 1.807) is 0 Å². The Morgan fingerprint density at radius 1 is 0.444 bits per heavy atom. The molecule has 0 bridgehead atoms. The molecule has 0 amide bonds. The van der Waals surface area contributed by atoms with Crippen molar-refractivity contribution >= 4 is 90.4 Å². The van der Waals surface area contributed by atoms with Crippen LogP contribution in [0.3, 0.4) is 0 Å². The molecule has 0 aliphatic heterocycles. The van der Waals surface area contributed by atoms with E-state index in [4.69, 9.17) is 0 Å². The summed E-state index contributed by atoms with van der Waals surface area (Å²) in [7, 11) is 0. The molecule has 0 spiro atoms. The zero-order valence-corrected chi connectivity index (χ0v) is 14.7. The van der Waals surface area contributed by atoms with E-state index in [9.17, 15) is 0 Å². The number of rotatable bonds is 0. The van der Waals surface area contributed by atoms with Crippen LogP contribution >= 0.6 is 19.8 Å². The van der Waals surface area contributed by atoms with E-state index in [0.29, 0.717) is 0 Å². The molecule has 0 aliphatic rings. The monoisotopic (exact) mass is 320 g/mol. The second kappa shape index (κ2) is 126. The summed E-state index contributed by atoms with van der Waals surface area (Å²) < 4.78 is 0. The van der Waals surface area contributed by atoms with Crippen LogP contribution in [-0.4, -0.2) is 70.6 Å². The van der Waals surface area contributed by atoms with E-state index in [1.165, 1.54) is 0 Å². The van der Waals surface area contributed by atoms with Crippen molar-refractivity contribution < 1.29 is 16.4 Å². The van der Waals surface area contributed by atoms with Crippen molar-refractivity contribution in [1.29, 1.82) is 0 Å². The van der Waals surface area contributed by atoms with Crippen molar-refractivity contribution in [2.75, 3.05) is 0 Å². The normalized spacial score (nSPS) is 0. The van der Waals surface area contributed by atoms with Crippen molar-refractivity contribution in [2.24, 2.45) is 0 Å². The summed E-state index contributed by atoms with van der Waals surface area (Å²) in [5.41, 5.74) is 0. The van der Waals surface area contributed by atoms with Gasteiger partial charge in [-0.2, -0.15) is 0 Å². The second-order valence-corrected chi connectivity index (χ2v) is 0. The summed E-state index contributed by atoms with van der Waals surface area (Å²) in [6.07, 6.45) is 0. The Balaban J connectivity index is 0. The SMILES string of the molecule is [Al+3].[Al+3].[AsH3].[AsH3].[O-2].[O-2].[O-2].[P].[P]. The molecule has 0 aromatic carbocycles. The zero-order valence-electron chi connectivity index (χ0n) is 4.69. The van der Waals surface area contributed by atoms with Crippen LogP contribution in [0.15, 0.2) is 0 Å². The average Bonchev–Trinajstić information content (AvgIpc) is 0. The van der Waals surface area contributed by atoms with Gasteiger partial charge in [0.15, 0.2) is 0 Å². The Morgan fingerprint density at radius 3 is 0.444 bits per heavy atom. The van der Waals surface area contributed by atoms with E-state index in [2.05, 4.69) is 0 Å². The Hall–Kier alpha value is 2.92. The van der Waals surface area contributed by atoms with Gasteiger partial charge in [-0.25, -0.2) is 0 Å². The van der Waals surface area contributed by atoms with Crippen LogP contribution in [0.1, 0.15) is 0 Å². The Bertz CT molecular complexity index is 17.8. The van der Waals surface area contributed by atoms with E-state index in [1.807, 2.05) is 0 Å². The quantitative estimate of drug-likeness (QED) is 0.374. The van der Waals surface area contributed by atoms with Gasteiger partial charge in [0, 0.05) is 19.8 Å². The number of hydrogen-bond acceptors (Lipinski definition) is 0. The molecule has 0 rings (SSSR count). The molecule has 9 heavy (non-hydrogen) atoms. The molecule has 0 heterocycles. The smallest absolute Gasteiger partial charge is 0 e. The summed E-state index contributed by atoms with van der Waals surface area (Å²) in [6.45, 7) is 0. The molecule has 0 N–H and O–H groups in total. The van der Waals surface area contributed by atoms with Gasteiger partial charge in [0.25, 0.3) is 0 Å². The molecule has 0 saturated carbocycles. The summed E-state index contributed by atoms with van der Waals surface area (Å²) in [6, 6.07) is 0. The molecule has 6 radical (unpaired) electrons. The molecule has 0 aliphatic carbocycles. The summed E-state index contributed by atoms with van der Waals surface area (Å²) >= 11 is 0. The van der Waals surface area contributed by atoms with Crippen molar-refractivity contribution in [3.8, 4) is 0 Å². The van der Waals surface area contributed by atoms with Gasteiger partial charge in [-0.05, 0) is 0 Å². The van der Waals surface area contributed by atoms with Crippen LogP contribution in [0.2, 0.25) is 0 Å². The third-order valence-electron chi connectivity index (χ3n) is 0. The van der Waals surface area contributed by atoms with E-state index >= 15 is 0 Å². The molecule has 9 heteroatoms. The molecular formula is H6Al2As2O3P2. The predicted octanol–water partition coefficient (Wildman–Crippen LogP) is -1.76.